The predicted octanol–water partition coefficient (Wildman–Crippen LogP) is 4.91. The second-order valence-electron chi connectivity index (χ2n) is 9.58. The molecule has 2 N–H and O–H groups in total. The number of aliphatic imine (C=N–C) groups is 1. The smallest absolute Gasteiger partial charge is 0.328 e. The Hall–Kier alpha value is -3.70. The number of nitrogens with zero attached hydrogens (tertiary/aromatic N) is 3. The van der Waals surface area contributed by atoms with Gasteiger partial charge in [0.1, 0.15) is 5.75 Å². The highest BCUT2D eigenvalue weighted by molar-refractivity contribution is 8.13. The summed E-state index contributed by atoms with van der Waals surface area (Å²) in [7, 11) is 5.50. The van der Waals surface area contributed by atoms with Gasteiger partial charge in [-0.25, -0.2) is 14.6 Å². The van der Waals surface area contributed by atoms with E-state index in [0.717, 1.165) is 55.4 Å². The molecule has 2 aliphatic rings. The summed E-state index contributed by atoms with van der Waals surface area (Å²) in [6.45, 7) is 4.15. The van der Waals surface area contributed by atoms with Crippen molar-refractivity contribution in [1.29, 1.82) is 0 Å². The maximum absolute atomic E-state index is 9.55. The van der Waals surface area contributed by atoms with Crippen molar-refractivity contribution in [2.75, 3.05) is 47.5 Å². The number of rotatable bonds is 11. The number of thioether (sulfide) groups is 1. The van der Waals surface area contributed by atoms with E-state index in [1.807, 2.05) is 30.0 Å². The molecule has 0 amide bonds. The van der Waals surface area contributed by atoms with Crippen molar-refractivity contribution in [1.82, 2.24) is 9.80 Å². The number of aliphatic carboxylic acids is 2. The van der Waals surface area contributed by atoms with E-state index in [9.17, 15) is 9.59 Å². The molecule has 0 saturated carbocycles. The Morgan fingerprint density at radius 1 is 1.02 bits per heavy atom. The van der Waals surface area contributed by atoms with Crippen molar-refractivity contribution in [3.63, 3.8) is 0 Å². The number of unbranched alkanes of at least 4 members (excludes halogenated alkanes) is 1. The SMILES string of the molecule is COc1ccc(OCCCCN2CCC(N(C)C3=Nc4ccccc4CS3)CC2)cc1OC.O=C(O)/C=C/C(=O)O. The van der Waals surface area contributed by atoms with Crippen LogP contribution in [0.5, 0.6) is 17.2 Å². The molecule has 0 radical (unpaired) electrons. The molecule has 0 aliphatic carbocycles. The van der Waals surface area contributed by atoms with Crippen LogP contribution in [0.15, 0.2) is 59.6 Å². The normalized spacial score (nSPS) is 15.2. The highest BCUT2D eigenvalue weighted by Crippen LogP contribution is 2.33. The third kappa shape index (κ3) is 10.3. The van der Waals surface area contributed by atoms with Gasteiger partial charge in [-0.2, -0.15) is 0 Å². The minimum absolute atomic E-state index is 0.558. The van der Waals surface area contributed by atoms with Crippen LogP contribution in [0.25, 0.3) is 0 Å². The average molecular weight is 586 g/mol. The second-order valence-corrected chi connectivity index (χ2v) is 10.5. The van der Waals surface area contributed by atoms with Crippen LogP contribution in [0.3, 0.4) is 0 Å². The number of benzene rings is 2. The summed E-state index contributed by atoms with van der Waals surface area (Å²) in [5.41, 5.74) is 2.47. The standard InChI is InChI=1S/C26H35N3O3S.C4H4O4/c1-28(26-27-23-9-5-4-8-20(23)19-33-26)21-12-15-29(16-13-21)14-6-7-17-32-22-10-11-24(30-2)25(18-22)31-3;5-3(6)1-2-4(7)8/h4-5,8-11,18,21H,6-7,12-17,19H2,1-3H3;1-2H,(H,5,6)(H,7,8)/b;2-1+. The van der Waals surface area contributed by atoms with Crippen LogP contribution < -0.4 is 14.2 Å². The third-order valence-corrected chi connectivity index (χ3v) is 7.92. The summed E-state index contributed by atoms with van der Waals surface area (Å²) in [6.07, 6.45) is 5.69. The number of ether oxygens (including phenoxy) is 3. The fraction of sp³-hybridized carbons (Fsp3) is 0.433. The van der Waals surface area contributed by atoms with Gasteiger partial charge >= 0.3 is 11.9 Å². The first-order valence-corrected chi connectivity index (χ1v) is 14.5. The van der Waals surface area contributed by atoms with Gasteiger partial charge in [-0.05, 0) is 56.0 Å². The fourth-order valence-corrected chi connectivity index (χ4v) is 5.61. The highest BCUT2D eigenvalue weighted by atomic mass is 32.2. The minimum Gasteiger partial charge on any atom is -0.493 e. The molecule has 41 heavy (non-hydrogen) atoms. The van der Waals surface area contributed by atoms with Crippen molar-refractivity contribution >= 4 is 34.6 Å². The lowest BCUT2D eigenvalue weighted by Gasteiger charge is -2.38. The number of likely N-dealkylation sites (tertiary alicyclic amines) is 1. The zero-order valence-electron chi connectivity index (χ0n) is 23.8. The van der Waals surface area contributed by atoms with Crippen molar-refractivity contribution in [2.24, 2.45) is 4.99 Å². The van der Waals surface area contributed by atoms with Crippen LogP contribution in [0.2, 0.25) is 0 Å². The van der Waals surface area contributed by atoms with Crippen molar-refractivity contribution < 1.29 is 34.0 Å². The summed E-state index contributed by atoms with van der Waals surface area (Å²) < 4.78 is 16.5. The molecular formula is C30H39N3O7S. The zero-order valence-corrected chi connectivity index (χ0v) is 24.6. The molecule has 0 unspecified atom stereocenters. The van der Waals surface area contributed by atoms with Gasteiger partial charge in [0.25, 0.3) is 0 Å². The highest BCUT2D eigenvalue weighted by Gasteiger charge is 2.26. The van der Waals surface area contributed by atoms with Crippen LogP contribution in [0.4, 0.5) is 5.69 Å². The van der Waals surface area contributed by atoms with Gasteiger partial charge in [-0.1, -0.05) is 30.0 Å². The number of hydrogen-bond donors (Lipinski definition) is 2. The number of carbonyl (C=O) groups is 2. The molecule has 10 nitrogen and oxygen atoms in total. The molecule has 4 rings (SSSR count). The molecule has 0 spiro atoms. The van der Waals surface area contributed by atoms with E-state index in [0.29, 0.717) is 30.6 Å². The average Bonchev–Trinajstić information content (AvgIpc) is 2.99. The van der Waals surface area contributed by atoms with E-state index in [-0.39, 0.29) is 0 Å². The lowest BCUT2D eigenvalue weighted by atomic mass is 10.0. The maximum atomic E-state index is 9.55. The van der Waals surface area contributed by atoms with Crippen LogP contribution >= 0.6 is 11.8 Å². The van der Waals surface area contributed by atoms with E-state index < -0.39 is 11.9 Å². The molecule has 1 fully saturated rings. The number of fused-ring (bicyclic) bond motifs is 1. The molecule has 2 aliphatic heterocycles. The topological polar surface area (TPSA) is 121 Å². The molecule has 1 saturated heterocycles. The first kappa shape index (κ1) is 31.8. The molecule has 11 heteroatoms. The molecule has 222 valence electrons. The van der Waals surface area contributed by atoms with Crippen molar-refractivity contribution in [3.05, 3.63) is 60.2 Å². The molecule has 0 atom stereocenters. The Morgan fingerprint density at radius 3 is 2.37 bits per heavy atom. The largest absolute Gasteiger partial charge is 0.493 e. The summed E-state index contributed by atoms with van der Waals surface area (Å²) in [6, 6.07) is 14.7. The van der Waals surface area contributed by atoms with Gasteiger partial charge < -0.3 is 34.2 Å². The predicted molar refractivity (Wildman–Crippen MR) is 161 cm³/mol. The summed E-state index contributed by atoms with van der Waals surface area (Å²) >= 11 is 1.86. The van der Waals surface area contributed by atoms with Gasteiger partial charge in [0.05, 0.1) is 26.5 Å². The van der Waals surface area contributed by atoms with Gasteiger partial charge in [-0.3, -0.25) is 0 Å². The van der Waals surface area contributed by atoms with Gasteiger partial charge in [0.2, 0.25) is 0 Å². The van der Waals surface area contributed by atoms with Crippen LogP contribution in [-0.4, -0.2) is 90.7 Å². The molecule has 0 bridgehead atoms. The number of carboxylic acids is 2. The van der Waals surface area contributed by atoms with Gasteiger partial charge in [0.15, 0.2) is 16.7 Å². The third-order valence-electron chi connectivity index (χ3n) is 6.83. The van der Waals surface area contributed by atoms with E-state index in [4.69, 9.17) is 29.4 Å². The lowest BCUT2D eigenvalue weighted by Crippen LogP contribution is -2.45. The Labute approximate surface area is 245 Å². The van der Waals surface area contributed by atoms with Crippen molar-refractivity contribution in [2.45, 2.75) is 37.5 Å². The summed E-state index contributed by atoms with van der Waals surface area (Å²) in [5, 5.41) is 16.8. The Balaban J connectivity index is 0.000000507. The minimum atomic E-state index is -1.26. The number of hydrogen-bond acceptors (Lipinski definition) is 9. The number of piperidine rings is 1. The first-order chi connectivity index (χ1) is 19.8. The van der Waals surface area contributed by atoms with Gasteiger partial charge in [-0.15, -0.1) is 0 Å². The Bertz CT molecular complexity index is 1200. The molecule has 2 aromatic rings. The number of methoxy groups -OCH3 is 2. The molecule has 0 aromatic heterocycles. The Morgan fingerprint density at radius 2 is 1.71 bits per heavy atom. The van der Waals surface area contributed by atoms with E-state index in [2.05, 4.69) is 41.1 Å². The molecule has 2 heterocycles. The van der Waals surface area contributed by atoms with Crippen LogP contribution in [0, 0.1) is 0 Å². The quantitative estimate of drug-likeness (QED) is 0.278. The molecule has 2 aromatic carbocycles. The van der Waals surface area contributed by atoms with Crippen LogP contribution in [-0.2, 0) is 15.3 Å². The van der Waals surface area contributed by atoms with E-state index >= 15 is 0 Å². The maximum Gasteiger partial charge on any atom is 0.328 e. The number of amidine groups is 1. The zero-order chi connectivity index (χ0) is 29.6. The van der Waals surface area contributed by atoms with Gasteiger partial charge in [0, 0.05) is 50.2 Å². The molecular weight excluding hydrogens is 546 g/mol. The number of carboxylic acid groups (broad SMARTS) is 2. The monoisotopic (exact) mass is 585 g/mol. The van der Waals surface area contributed by atoms with Crippen LogP contribution in [0.1, 0.15) is 31.2 Å². The van der Waals surface area contributed by atoms with E-state index in [1.165, 1.54) is 23.6 Å². The van der Waals surface area contributed by atoms with Crippen molar-refractivity contribution in [3.8, 4) is 17.2 Å². The lowest BCUT2D eigenvalue weighted by molar-refractivity contribution is -0.134. The fourth-order valence-electron chi connectivity index (χ4n) is 4.56. The first-order valence-electron chi connectivity index (χ1n) is 13.5. The van der Waals surface area contributed by atoms with E-state index in [1.54, 1.807) is 14.2 Å². The second kappa shape index (κ2) is 16.5. The number of para-hydroxylation sites is 1. The summed E-state index contributed by atoms with van der Waals surface area (Å²) in [4.78, 5) is 29.0. The Kier molecular flexibility index (Phi) is 12.8. The summed E-state index contributed by atoms with van der Waals surface area (Å²) in [5.74, 6) is 0.744.